The quantitative estimate of drug-likeness (QED) is 0.0658. The Morgan fingerprint density at radius 2 is 0.549 bits per heavy atom. The van der Waals surface area contributed by atoms with E-state index >= 15 is 0 Å². The highest BCUT2D eigenvalue weighted by molar-refractivity contribution is 8.04. The van der Waals surface area contributed by atoms with E-state index in [1.54, 1.807) is 96.4 Å². The first-order valence-electron chi connectivity index (χ1n) is 35.7. The molecule has 4 heterocycles. The number of allylic oxidation sites excluding steroid dienone is 10. The number of para-hydroxylation sites is 4. The van der Waals surface area contributed by atoms with Crippen LogP contribution < -0.4 is 60.5 Å². The number of fused-ring (bicyclic) bond motifs is 4. The molecule has 0 spiro atoms. The van der Waals surface area contributed by atoms with Crippen molar-refractivity contribution >= 4 is 68.6 Å². The molecule has 0 N–H and O–H groups in total. The summed E-state index contributed by atoms with van der Waals surface area (Å²) in [6, 6.07) is 54.3. The molecule has 0 aromatic heterocycles. The third-order valence-electron chi connectivity index (χ3n) is 20.8. The summed E-state index contributed by atoms with van der Waals surface area (Å²) < 4.78 is 0. The van der Waals surface area contributed by atoms with Gasteiger partial charge in [0, 0.05) is 69.6 Å². The van der Waals surface area contributed by atoms with E-state index in [0.717, 1.165) is 143 Å². The van der Waals surface area contributed by atoms with Gasteiger partial charge in [-0.2, -0.15) is 0 Å². The van der Waals surface area contributed by atoms with Crippen LogP contribution in [-0.2, 0) is 10.8 Å². The molecular weight excluding hydrogens is 1310 g/mol. The van der Waals surface area contributed by atoms with Gasteiger partial charge in [-0.15, -0.1) is 0 Å². The minimum absolute atomic E-state index is 0.139. The molecule has 0 saturated heterocycles. The van der Waals surface area contributed by atoms with Gasteiger partial charge in [-0.3, -0.25) is 0 Å². The maximum atomic E-state index is 13.5. The Bertz CT molecular complexity index is 4640. The van der Waals surface area contributed by atoms with E-state index < -0.39 is 0 Å². The second-order valence-corrected chi connectivity index (χ2v) is 30.1. The summed E-state index contributed by atoms with van der Waals surface area (Å²) in [6.45, 7) is 20.4. The fraction of sp³-hybridized carbons (Fsp3) is 0.250. The molecular formula is C88H80N4O8S2-8. The maximum Gasteiger partial charge on any atom is 0.0807 e. The van der Waals surface area contributed by atoms with Gasteiger partial charge in [-0.05, 0) is 175 Å². The van der Waals surface area contributed by atoms with Crippen molar-refractivity contribution in [2.24, 2.45) is 0 Å². The Balaban J connectivity index is 0.000000173. The lowest BCUT2D eigenvalue weighted by Gasteiger charge is -2.41. The van der Waals surface area contributed by atoms with Gasteiger partial charge < -0.3 is 60.5 Å². The largest absolute Gasteiger partial charge is 0.872 e. The lowest BCUT2D eigenvalue weighted by atomic mass is 9.80. The minimum atomic E-state index is -0.356. The molecule has 0 fully saturated rings. The highest BCUT2D eigenvalue weighted by Gasteiger charge is 2.42. The van der Waals surface area contributed by atoms with E-state index in [1.165, 1.54) is 11.1 Å². The molecule has 12 nitrogen and oxygen atoms in total. The summed E-state index contributed by atoms with van der Waals surface area (Å²) in [6.07, 6.45) is 15.3. The Hall–Kier alpha value is -10.3. The summed E-state index contributed by atoms with van der Waals surface area (Å²) in [4.78, 5) is 11.2. The zero-order valence-electron chi connectivity index (χ0n) is 58.8. The van der Waals surface area contributed by atoms with Crippen LogP contribution in [0.15, 0.2) is 294 Å². The zero-order valence-corrected chi connectivity index (χ0v) is 60.5. The second-order valence-electron chi connectivity index (χ2n) is 28.0. The van der Waals surface area contributed by atoms with Gasteiger partial charge in [0.15, 0.2) is 0 Å². The van der Waals surface area contributed by atoms with Gasteiger partial charge in [-0.1, -0.05) is 284 Å². The van der Waals surface area contributed by atoms with Crippen molar-refractivity contribution in [2.45, 2.75) is 127 Å². The molecule has 0 saturated carbocycles. The molecule has 520 valence electrons. The summed E-state index contributed by atoms with van der Waals surface area (Å²) in [5, 5.41) is 109. The third-order valence-corrected chi connectivity index (χ3v) is 23.1. The summed E-state index contributed by atoms with van der Waals surface area (Å²) in [5.74, 6) is -2.05. The van der Waals surface area contributed by atoms with Gasteiger partial charge >= 0.3 is 0 Å². The van der Waals surface area contributed by atoms with Crippen LogP contribution in [0.2, 0.25) is 0 Å². The van der Waals surface area contributed by atoms with Gasteiger partial charge in [0.05, 0.1) is 21.4 Å². The Kier molecular flexibility index (Phi) is 18.8. The van der Waals surface area contributed by atoms with Crippen LogP contribution in [0.5, 0.6) is 0 Å². The molecule has 4 aliphatic heterocycles. The van der Waals surface area contributed by atoms with E-state index in [2.05, 4.69) is 124 Å². The number of hydrogen-bond acceptors (Lipinski definition) is 14. The first-order chi connectivity index (χ1) is 49.3. The van der Waals surface area contributed by atoms with E-state index in [-0.39, 0.29) is 101 Å². The molecule has 7 aromatic rings. The van der Waals surface area contributed by atoms with Crippen LogP contribution in [0.3, 0.4) is 0 Å². The van der Waals surface area contributed by atoms with Gasteiger partial charge in [-0.25, -0.2) is 0 Å². The average Bonchev–Trinajstić information content (AvgIpc) is 1.22. The Morgan fingerprint density at radius 3 is 0.843 bits per heavy atom. The summed E-state index contributed by atoms with van der Waals surface area (Å²) >= 11 is 3.19. The topological polar surface area (TPSA) is 197 Å². The normalized spacial score (nSPS) is 19.3. The van der Waals surface area contributed by atoms with Gasteiger partial charge in [0.25, 0.3) is 0 Å². The third kappa shape index (κ3) is 11.9. The minimum Gasteiger partial charge on any atom is -0.872 e. The van der Waals surface area contributed by atoms with Crippen molar-refractivity contribution in [3.8, 4) is 11.1 Å². The van der Waals surface area contributed by atoms with Crippen LogP contribution in [0.25, 0.3) is 33.4 Å². The molecule has 102 heavy (non-hydrogen) atoms. The Morgan fingerprint density at radius 1 is 0.294 bits per heavy atom. The van der Waals surface area contributed by atoms with E-state index in [0.29, 0.717) is 22.3 Å². The maximum absolute atomic E-state index is 13.5. The second kappa shape index (κ2) is 27.9. The number of unbranched alkanes of at least 4 members (excludes halogenated alkanes) is 4. The van der Waals surface area contributed by atoms with Crippen LogP contribution >= 0.6 is 23.5 Å². The molecule has 15 rings (SSSR count). The molecule has 0 radical (unpaired) electrons. The summed E-state index contributed by atoms with van der Waals surface area (Å²) in [5.41, 5.74) is 13.5. The highest BCUT2D eigenvalue weighted by atomic mass is 32.2. The first-order valence-corrected chi connectivity index (χ1v) is 37.3. The average molecular weight is 1390 g/mol. The fourth-order valence-corrected chi connectivity index (χ4v) is 17.2. The van der Waals surface area contributed by atoms with Crippen molar-refractivity contribution < 1.29 is 40.9 Å². The first kappa shape index (κ1) is 68.8. The van der Waals surface area contributed by atoms with Crippen LogP contribution in [0, 0.1) is 0 Å². The van der Waals surface area contributed by atoms with E-state index in [4.69, 9.17) is 0 Å². The molecule has 0 bridgehead atoms. The molecule has 14 heteroatoms. The predicted molar refractivity (Wildman–Crippen MR) is 399 cm³/mol. The number of thioether (sulfide) groups is 2. The lowest BCUT2D eigenvalue weighted by Crippen LogP contribution is -2.31. The zero-order chi connectivity index (χ0) is 71.5. The van der Waals surface area contributed by atoms with Crippen molar-refractivity contribution in [2.75, 3.05) is 45.8 Å². The smallest absolute Gasteiger partial charge is 0.0807 e. The molecule has 8 aliphatic rings. The monoisotopic (exact) mass is 1380 g/mol. The molecule has 0 unspecified atom stereocenters. The fourth-order valence-electron chi connectivity index (χ4n) is 14.9. The van der Waals surface area contributed by atoms with Crippen molar-refractivity contribution in [1.29, 1.82) is 0 Å². The standard InChI is InChI=1S/C44H40N2O4S2.C44H48N2O4/c1-3-5-23-45-33-11-7-9-13-35(33)51-37(45)25-31-41(47)39(42(31)48)29-19-15-27(16-20-29)28-17-21-30(22-18-28)40-43(49)32(44(40)50)26-38-46(24-6-4-2)34-12-8-10-14-36(34)52-38;1-7-9-23-45-33-17-13-11-15-31(33)43(3,4)35(45)25-29-39(47)37(40(29)48)27-19-21-28(22-20-27)38-41(49)30(42(38)50)26-36-44(5,6)32-16-12-14-18-34(32)46(36)24-10-8-2/h7-22,25-26,47-50H,3-6,23-24H2,1-2H3;11-22,25-26,47-50H,7-10,23-24H2,1-6H3/p-8. The van der Waals surface area contributed by atoms with Crippen LogP contribution in [-0.4, -0.2) is 26.2 Å². The van der Waals surface area contributed by atoms with E-state index in [9.17, 15) is 40.9 Å². The van der Waals surface area contributed by atoms with Gasteiger partial charge in [0.1, 0.15) is 0 Å². The number of anilines is 4. The predicted octanol–water partition coefficient (Wildman–Crippen LogP) is 13.3. The van der Waals surface area contributed by atoms with Crippen molar-refractivity contribution in [1.82, 2.24) is 0 Å². The molecule has 7 aromatic carbocycles. The summed E-state index contributed by atoms with van der Waals surface area (Å²) in [7, 11) is 0. The van der Waals surface area contributed by atoms with Crippen LogP contribution in [0.4, 0.5) is 22.7 Å². The Labute approximate surface area is 607 Å². The number of benzene rings is 7. The van der Waals surface area contributed by atoms with E-state index in [1.807, 2.05) is 72.8 Å². The van der Waals surface area contributed by atoms with Crippen molar-refractivity contribution in [3.63, 3.8) is 0 Å². The molecule has 0 amide bonds. The lowest BCUT2D eigenvalue weighted by molar-refractivity contribution is -0.324. The highest BCUT2D eigenvalue weighted by Crippen LogP contribution is 2.54. The number of rotatable bonds is 21. The SMILES string of the molecule is CCCCN1C(=CC2=C([O-])C(c3ccc(-c4ccc(C5=C([O-])C(C=C6Sc7ccccc7N6CCCC)=C5[O-])cc4)cc3)=C2[O-])Sc2ccccc21.CCCCN1C(=CC2=C([O-])C(c3ccc(C4=C([O-])C(C=C5N(CCCC)c6ccccc6C5(C)C)=C4[O-])cc3)=C2[O-])C(C)(C)c2ccccc21. The van der Waals surface area contributed by atoms with Crippen molar-refractivity contribution in [3.05, 3.63) is 317 Å². The number of nitrogens with zero attached hydrogens (tertiary/aromatic N) is 4. The molecule has 4 aliphatic carbocycles. The van der Waals surface area contributed by atoms with Crippen LogP contribution in [0.1, 0.15) is 140 Å². The van der Waals surface area contributed by atoms with Gasteiger partial charge in [0.2, 0.25) is 0 Å². The number of hydrogen-bond donors (Lipinski definition) is 0. The molecule has 0 atom stereocenters.